The molecule has 0 radical (unpaired) electrons. The predicted octanol–water partition coefficient (Wildman–Crippen LogP) is -0.456. The fourth-order valence-corrected chi connectivity index (χ4v) is 5.13. The summed E-state index contributed by atoms with van der Waals surface area (Å²) < 4.78 is 18.6. The average molecular weight is 677 g/mol. The predicted molar refractivity (Wildman–Crippen MR) is 178 cm³/mol. The van der Waals surface area contributed by atoms with Gasteiger partial charge < -0.3 is 48.5 Å². The molecular weight excluding hydrogens is 627 g/mol. The fourth-order valence-electron chi connectivity index (χ4n) is 5.13. The van der Waals surface area contributed by atoms with Crippen LogP contribution in [0.1, 0.15) is 57.9 Å². The van der Waals surface area contributed by atoms with E-state index in [0.29, 0.717) is 25.7 Å². The number of hydrogen-bond acceptors (Lipinski definition) is 8. The summed E-state index contributed by atoms with van der Waals surface area (Å²) in [5, 5.41) is 7.88. The molecule has 1 heterocycles. The van der Waals surface area contributed by atoms with E-state index in [1.165, 1.54) is 4.90 Å². The lowest BCUT2D eigenvalue weighted by Gasteiger charge is -2.31. The molecule has 1 aromatic carbocycles. The van der Waals surface area contributed by atoms with E-state index in [9.17, 15) is 28.4 Å². The summed E-state index contributed by atoms with van der Waals surface area (Å²) in [5.74, 6) is -3.25. The zero-order valence-corrected chi connectivity index (χ0v) is 27.5. The van der Waals surface area contributed by atoms with Crippen LogP contribution in [0.5, 0.6) is 0 Å². The molecule has 266 valence electrons. The first-order valence-electron chi connectivity index (χ1n) is 15.9. The molecule has 11 N–H and O–H groups in total. The van der Waals surface area contributed by atoms with Crippen molar-refractivity contribution in [3.63, 3.8) is 0 Å². The van der Waals surface area contributed by atoms with Crippen molar-refractivity contribution in [1.29, 1.82) is 0 Å². The van der Waals surface area contributed by atoms with E-state index in [4.69, 9.17) is 27.7 Å². The zero-order valence-electron chi connectivity index (χ0n) is 27.5. The SMILES string of the molecule is CC(C)C(NC(=O)OCc1ccccc1)C(=O)NC(CCCN=C(N)N)C(=O)N1CCCC1C(=O)NC(CCCN=C(N)N)C(=O)CF. The molecule has 48 heavy (non-hydrogen) atoms. The molecule has 17 heteroatoms. The van der Waals surface area contributed by atoms with Crippen molar-refractivity contribution < 1.29 is 33.1 Å². The van der Waals surface area contributed by atoms with Crippen LogP contribution >= 0.6 is 0 Å². The Kier molecular flexibility index (Phi) is 16.6. The normalized spacial score (nSPS) is 15.8. The lowest BCUT2D eigenvalue weighted by Crippen LogP contribution is -2.58. The minimum absolute atomic E-state index is 0.00251. The summed E-state index contributed by atoms with van der Waals surface area (Å²) in [7, 11) is 0. The number of Topliss-reactive ketones (excluding diaryl/α,β-unsaturated/α-hetero) is 1. The third kappa shape index (κ3) is 13.4. The first-order valence-corrected chi connectivity index (χ1v) is 15.9. The highest BCUT2D eigenvalue weighted by Gasteiger charge is 2.39. The molecule has 0 spiro atoms. The van der Waals surface area contributed by atoms with Gasteiger partial charge in [-0.2, -0.15) is 0 Å². The number of likely N-dealkylation sites (tertiary alicyclic amines) is 1. The van der Waals surface area contributed by atoms with Crippen LogP contribution in [0.3, 0.4) is 0 Å². The van der Waals surface area contributed by atoms with E-state index in [2.05, 4.69) is 25.9 Å². The third-order valence-electron chi connectivity index (χ3n) is 7.62. The van der Waals surface area contributed by atoms with Gasteiger partial charge in [0.2, 0.25) is 17.7 Å². The molecule has 4 atom stereocenters. The van der Waals surface area contributed by atoms with Gasteiger partial charge in [-0.15, -0.1) is 0 Å². The van der Waals surface area contributed by atoms with E-state index in [1.807, 2.05) is 6.07 Å². The first kappa shape index (κ1) is 39.2. The topological polar surface area (TPSA) is 263 Å². The van der Waals surface area contributed by atoms with Crippen molar-refractivity contribution in [1.82, 2.24) is 20.9 Å². The number of alkyl carbamates (subject to hydrolysis) is 1. The van der Waals surface area contributed by atoms with Gasteiger partial charge in [0.1, 0.15) is 31.4 Å². The number of carbonyl (C=O) groups is 5. The maximum absolute atomic E-state index is 13.9. The number of nitrogens with two attached hydrogens (primary N) is 4. The summed E-state index contributed by atoms with van der Waals surface area (Å²) >= 11 is 0. The summed E-state index contributed by atoms with van der Waals surface area (Å²) in [4.78, 5) is 74.7. The van der Waals surface area contributed by atoms with Gasteiger partial charge in [-0.1, -0.05) is 44.2 Å². The molecular formula is C31H49FN10O6. The lowest BCUT2D eigenvalue weighted by molar-refractivity contribution is -0.142. The van der Waals surface area contributed by atoms with Crippen molar-refractivity contribution in [2.24, 2.45) is 38.8 Å². The molecule has 0 bridgehead atoms. The van der Waals surface area contributed by atoms with Gasteiger partial charge in [-0.25, -0.2) is 9.18 Å². The number of rotatable bonds is 19. The Bertz CT molecular complexity index is 1290. The van der Waals surface area contributed by atoms with E-state index < -0.39 is 60.4 Å². The van der Waals surface area contributed by atoms with Gasteiger partial charge in [0.15, 0.2) is 17.7 Å². The van der Waals surface area contributed by atoms with Crippen molar-refractivity contribution in [3.8, 4) is 0 Å². The summed E-state index contributed by atoms with van der Waals surface area (Å²) in [5.41, 5.74) is 22.3. The molecule has 16 nitrogen and oxygen atoms in total. The van der Waals surface area contributed by atoms with Crippen molar-refractivity contribution >= 4 is 41.5 Å². The Labute approximate surface area is 279 Å². The molecule has 0 aromatic heterocycles. The van der Waals surface area contributed by atoms with E-state index >= 15 is 0 Å². The highest BCUT2D eigenvalue weighted by atomic mass is 19.1. The van der Waals surface area contributed by atoms with Gasteiger partial charge in [-0.3, -0.25) is 29.2 Å². The molecule has 1 aliphatic heterocycles. The summed E-state index contributed by atoms with van der Waals surface area (Å²) in [6.45, 7) is 2.74. The number of hydrogen-bond donors (Lipinski definition) is 7. The molecule has 0 saturated carbocycles. The van der Waals surface area contributed by atoms with E-state index in [1.54, 1.807) is 38.1 Å². The second kappa shape index (κ2) is 20.3. The highest BCUT2D eigenvalue weighted by molar-refractivity contribution is 5.96. The molecule has 2 rings (SSSR count). The van der Waals surface area contributed by atoms with Crippen LogP contribution in [-0.2, 0) is 30.5 Å². The fraction of sp³-hybridized carbons (Fsp3) is 0.581. The minimum atomic E-state index is -1.28. The number of halogens is 1. The van der Waals surface area contributed by atoms with Crippen LogP contribution in [0.4, 0.5) is 9.18 Å². The number of nitrogens with one attached hydrogen (secondary N) is 3. The van der Waals surface area contributed by atoms with Crippen LogP contribution < -0.4 is 38.9 Å². The minimum Gasteiger partial charge on any atom is -0.445 e. The Morgan fingerprint density at radius 3 is 2.08 bits per heavy atom. The second-order valence-corrected chi connectivity index (χ2v) is 11.7. The molecule has 4 unspecified atom stereocenters. The van der Waals surface area contributed by atoms with Gasteiger partial charge in [0.25, 0.3) is 0 Å². The quantitative estimate of drug-likeness (QED) is 0.0563. The molecule has 1 aliphatic rings. The standard InChI is InChI=1S/C31H49FN10O6/c1-19(2)25(41-31(47)48-18-20-9-4-3-5-10-20)27(45)40-22(12-7-15-38-30(35)36)28(46)42-16-8-13-23(42)26(44)39-21(24(43)17-32)11-6-14-37-29(33)34/h3-5,9-10,19,21-23,25H,6-8,11-18H2,1-2H3,(H,39,44)(H,40,45)(H,41,47)(H4,33,34,37)(H4,35,36,38). The number of benzene rings is 1. The average Bonchev–Trinajstić information content (AvgIpc) is 3.55. The number of nitrogens with zero attached hydrogens (tertiary/aromatic N) is 3. The number of aliphatic imine (C=N–C) groups is 2. The van der Waals surface area contributed by atoms with Crippen molar-refractivity contribution in [2.75, 3.05) is 26.3 Å². The Hall–Kier alpha value is -4.96. The van der Waals surface area contributed by atoms with Gasteiger partial charge in [-0.05, 0) is 50.0 Å². The van der Waals surface area contributed by atoms with Gasteiger partial charge in [0, 0.05) is 19.6 Å². The van der Waals surface area contributed by atoms with Gasteiger partial charge in [0.05, 0.1) is 6.04 Å². The number of ketones is 1. The van der Waals surface area contributed by atoms with Gasteiger partial charge >= 0.3 is 6.09 Å². The number of alkyl halides is 1. The van der Waals surface area contributed by atoms with Crippen LogP contribution in [-0.4, -0.2) is 96.9 Å². The molecule has 1 fully saturated rings. The molecule has 1 aromatic rings. The van der Waals surface area contributed by atoms with Crippen molar-refractivity contribution in [2.45, 2.75) is 83.1 Å². The Morgan fingerprint density at radius 2 is 1.52 bits per heavy atom. The monoisotopic (exact) mass is 676 g/mol. The van der Waals surface area contributed by atoms with E-state index in [0.717, 1.165) is 5.56 Å². The maximum atomic E-state index is 13.9. The number of ether oxygens (including phenoxy) is 1. The zero-order chi connectivity index (χ0) is 35.6. The molecule has 0 aliphatic carbocycles. The Balaban J connectivity index is 2.17. The second-order valence-electron chi connectivity index (χ2n) is 11.7. The van der Waals surface area contributed by atoms with E-state index in [-0.39, 0.29) is 56.9 Å². The third-order valence-corrected chi connectivity index (χ3v) is 7.62. The first-order chi connectivity index (χ1) is 22.8. The maximum Gasteiger partial charge on any atom is 0.408 e. The number of amides is 4. The van der Waals surface area contributed by atoms with Crippen LogP contribution in [0.25, 0.3) is 0 Å². The van der Waals surface area contributed by atoms with Crippen LogP contribution in [0.15, 0.2) is 40.3 Å². The largest absolute Gasteiger partial charge is 0.445 e. The lowest BCUT2D eigenvalue weighted by atomic mass is 10.0. The smallest absolute Gasteiger partial charge is 0.408 e. The molecule has 1 saturated heterocycles. The number of carbonyl (C=O) groups excluding carboxylic acids is 5. The van der Waals surface area contributed by atoms with Crippen LogP contribution in [0, 0.1) is 5.92 Å². The van der Waals surface area contributed by atoms with Crippen molar-refractivity contribution in [3.05, 3.63) is 35.9 Å². The Morgan fingerprint density at radius 1 is 0.917 bits per heavy atom. The van der Waals surface area contributed by atoms with Crippen LogP contribution in [0.2, 0.25) is 0 Å². The summed E-state index contributed by atoms with van der Waals surface area (Å²) in [6.07, 6.45) is 0.775. The highest BCUT2D eigenvalue weighted by Crippen LogP contribution is 2.21. The molecule has 4 amide bonds. The number of guanidine groups is 2. The summed E-state index contributed by atoms with van der Waals surface area (Å²) in [6, 6.07) is 4.77.